The lowest BCUT2D eigenvalue weighted by Gasteiger charge is -2.08. The molecule has 0 amide bonds. The molecule has 5 aromatic carbocycles. The molecule has 0 atom stereocenters. The molecule has 0 nitrogen and oxygen atoms in total. The third-order valence-corrected chi connectivity index (χ3v) is 6.13. The number of benzene rings is 5. The summed E-state index contributed by atoms with van der Waals surface area (Å²) in [6.07, 6.45) is 0. The van der Waals surface area contributed by atoms with Crippen molar-refractivity contribution in [2.75, 3.05) is 0 Å². The van der Waals surface area contributed by atoms with Crippen LogP contribution in [0.4, 0.5) is 0 Å². The molecule has 0 aliphatic heterocycles. The van der Waals surface area contributed by atoms with Gasteiger partial charge in [-0.05, 0) is 56.6 Å². The molecule has 31 heavy (non-hydrogen) atoms. The Morgan fingerprint density at radius 2 is 0.484 bits per heavy atom. The summed E-state index contributed by atoms with van der Waals surface area (Å²) in [4.78, 5) is 0. The third kappa shape index (κ3) is 4.38. The maximum absolute atomic E-state index is 3.50. The van der Waals surface area contributed by atoms with Crippen LogP contribution in [0.25, 0.3) is 44.5 Å². The summed E-state index contributed by atoms with van der Waals surface area (Å²) in [6, 6.07) is 45.3. The maximum Gasteiger partial charge on any atom is 0.0175 e. The van der Waals surface area contributed by atoms with Crippen molar-refractivity contribution >= 4 is 15.9 Å². The zero-order valence-corrected chi connectivity index (χ0v) is 18.6. The van der Waals surface area contributed by atoms with E-state index in [4.69, 9.17) is 0 Å². The molecule has 0 saturated carbocycles. The smallest absolute Gasteiger partial charge is 0.0175 e. The van der Waals surface area contributed by atoms with Crippen molar-refractivity contribution in [3.63, 3.8) is 0 Å². The van der Waals surface area contributed by atoms with Gasteiger partial charge in [0.1, 0.15) is 0 Å². The summed E-state index contributed by atoms with van der Waals surface area (Å²) in [5, 5.41) is 0. The van der Waals surface area contributed by atoms with E-state index < -0.39 is 0 Å². The Labute approximate surface area is 192 Å². The molecular formula is C30H21Br. The first-order valence-electron chi connectivity index (χ1n) is 10.4. The Morgan fingerprint density at radius 3 is 0.774 bits per heavy atom. The van der Waals surface area contributed by atoms with Crippen molar-refractivity contribution in [1.29, 1.82) is 0 Å². The number of rotatable bonds is 4. The molecule has 0 saturated heterocycles. The van der Waals surface area contributed by atoms with E-state index in [-0.39, 0.29) is 0 Å². The predicted octanol–water partition coefficient (Wildman–Crippen LogP) is 9.12. The first kappa shape index (κ1) is 19.5. The van der Waals surface area contributed by atoms with E-state index in [1.807, 2.05) is 6.07 Å². The third-order valence-electron chi connectivity index (χ3n) is 5.61. The van der Waals surface area contributed by atoms with E-state index in [0.717, 1.165) is 4.47 Å². The van der Waals surface area contributed by atoms with Crippen LogP contribution in [0, 0.1) is 0 Å². The van der Waals surface area contributed by atoms with Crippen LogP contribution in [-0.4, -0.2) is 0 Å². The SMILES string of the molecule is Brc1ccc(-c2ccc(-c3ccc(-c4ccc(-c5ccccc5)cc4)cc3)cc2)cc1. The fourth-order valence-corrected chi connectivity index (χ4v) is 4.10. The van der Waals surface area contributed by atoms with Crippen LogP contribution in [0.3, 0.4) is 0 Å². The highest BCUT2D eigenvalue weighted by Crippen LogP contribution is 2.29. The fourth-order valence-electron chi connectivity index (χ4n) is 3.84. The summed E-state index contributed by atoms with van der Waals surface area (Å²) in [6.45, 7) is 0. The van der Waals surface area contributed by atoms with Gasteiger partial charge in [-0.3, -0.25) is 0 Å². The monoisotopic (exact) mass is 460 g/mol. The van der Waals surface area contributed by atoms with Crippen molar-refractivity contribution in [3.05, 3.63) is 132 Å². The number of halogens is 1. The van der Waals surface area contributed by atoms with E-state index >= 15 is 0 Å². The lowest BCUT2D eigenvalue weighted by Crippen LogP contribution is -1.83. The zero-order chi connectivity index (χ0) is 21.0. The molecule has 0 radical (unpaired) electrons. The Kier molecular flexibility index (Phi) is 5.52. The number of hydrogen-bond donors (Lipinski definition) is 0. The van der Waals surface area contributed by atoms with Crippen molar-refractivity contribution in [1.82, 2.24) is 0 Å². The lowest BCUT2D eigenvalue weighted by atomic mass is 9.97. The highest BCUT2D eigenvalue weighted by Gasteiger charge is 2.03. The van der Waals surface area contributed by atoms with Gasteiger partial charge in [-0.25, -0.2) is 0 Å². The van der Waals surface area contributed by atoms with E-state index in [0.29, 0.717) is 0 Å². The summed E-state index contributed by atoms with van der Waals surface area (Å²) in [7, 11) is 0. The van der Waals surface area contributed by atoms with Gasteiger partial charge in [0.15, 0.2) is 0 Å². The standard InChI is InChI=1S/C30H21Br/c31-30-20-18-29(19-21-30)28-16-14-27(15-17-28)26-12-10-25(11-13-26)24-8-6-23(7-9-24)22-4-2-1-3-5-22/h1-21H. The molecule has 0 aromatic heterocycles. The Bertz CT molecular complexity index is 1270. The van der Waals surface area contributed by atoms with Gasteiger partial charge in [0.2, 0.25) is 0 Å². The maximum atomic E-state index is 3.50. The van der Waals surface area contributed by atoms with Crippen molar-refractivity contribution < 1.29 is 0 Å². The minimum absolute atomic E-state index is 1.10. The highest BCUT2D eigenvalue weighted by atomic mass is 79.9. The van der Waals surface area contributed by atoms with E-state index in [1.54, 1.807) is 0 Å². The molecule has 0 fully saturated rings. The van der Waals surface area contributed by atoms with Crippen molar-refractivity contribution in [2.45, 2.75) is 0 Å². The largest absolute Gasteiger partial charge is 0.0622 e. The molecule has 5 aromatic rings. The first-order chi connectivity index (χ1) is 15.3. The van der Waals surface area contributed by atoms with Crippen molar-refractivity contribution in [3.8, 4) is 44.5 Å². The second-order valence-electron chi connectivity index (χ2n) is 7.60. The highest BCUT2D eigenvalue weighted by molar-refractivity contribution is 9.10. The van der Waals surface area contributed by atoms with Crippen LogP contribution < -0.4 is 0 Å². The second-order valence-corrected chi connectivity index (χ2v) is 8.52. The fraction of sp³-hybridized carbons (Fsp3) is 0. The first-order valence-corrected chi connectivity index (χ1v) is 11.2. The Balaban J connectivity index is 1.34. The van der Waals surface area contributed by atoms with E-state index in [2.05, 4.69) is 137 Å². The van der Waals surface area contributed by atoms with Crippen LogP contribution in [0.2, 0.25) is 0 Å². The summed E-state index contributed by atoms with van der Waals surface area (Å²) >= 11 is 3.50. The second kappa shape index (κ2) is 8.75. The van der Waals surface area contributed by atoms with Crippen LogP contribution in [0.5, 0.6) is 0 Å². The summed E-state index contributed by atoms with van der Waals surface area (Å²) in [5.41, 5.74) is 9.86. The Hall–Kier alpha value is -3.42. The zero-order valence-electron chi connectivity index (χ0n) is 17.0. The van der Waals surface area contributed by atoms with Gasteiger partial charge in [0.25, 0.3) is 0 Å². The molecule has 0 aliphatic carbocycles. The van der Waals surface area contributed by atoms with Gasteiger partial charge in [0, 0.05) is 4.47 Å². The lowest BCUT2D eigenvalue weighted by molar-refractivity contribution is 1.56. The average molecular weight is 461 g/mol. The average Bonchev–Trinajstić information content (AvgIpc) is 2.85. The van der Waals surface area contributed by atoms with Gasteiger partial charge in [-0.2, -0.15) is 0 Å². The summed E-state index contributed by atoms with van der Waals surface area (Å²) in [5.74, 6) is 0. The predicted molar refractivity (Wildman–Crippen MR) is 136 cm³/mol. The molecule has 0 unspecified atom stereocenters. The van der Waals surface area contributed by atoms with Gasteiger partial charge >= 0.3 is 0 Å². The molecule has 1 heteroatoms. The quantitative estimate of drug-likeness (QED) is 0.250. The molecule has 5 rings (SSSR count). The van der Waals surface area contributed by atoms with Crippen LogP contribution >= 0.6 is 15.9 Å². The molecule has 148 valence electrons. The van der Waals surface area contributed by atoms with Crippen molar-refractivity contribution in [2.24, 2.45) is 0 Å². The molecule has 0 spiro atoms. The van der Waals surface area contributed by atoms with Crippen LogP contribution in [-0.2, 0) is 0 Å². The van der Waals surface area contributed by atoms with Gasteiger partial charge in [0.05, 0.1) is 0 Å². The molecule has 0 N–H and O–H groups in total. The van der Waals surface area contributed by atoms with E-state index in [9.17, 15) is 0 Å². The normalized spacial score (nSPS) is 10.7. The minimum Gasteiger partial charge on any atom is -0.0622 e. The number of hydrogen-bond acceptors (Lipinski definition) is 0. The van der Waals surface area contributed by atoms with E-state index in [1.165, 1.54) is 44.5 Å². The van der Waals surface area contributed by atoms with Gasteiger partial charge in [-0.15, -0.1) is 0 Å². The minimum atomic E-state index is 1.10. The topological polar surface area (TPSA) is 0 Å². The van der Waals surface area contributed by atoms with Crippen LogP contribution in [0.1, 0.15) is 0 Å². The molecule has 0 heterocycles. The molecule has 0 bridgehead atoms. The Morgan fingerprint density at radius 1 is 0.258 bits per heavy atom. The van der Waals surface area contributed by atoms with Gasteiger partial charge in [-0.1, -0.05) is 131 Å². The van der Waals surface area contributed by atoms with Gasteiger partial charge < -0.3 is 0 Å². The molecule has 0 aliphatic rings. The molecular weight excluding hydrogens is 440 g/mol. The summed E-state index contributed by atoms with van der Waals surface area (Å²) < 4.78 is 1.10. The van der Waals surface area contributed by atoms with Crippen LogP contribution in [0.15, 0.2) is 132 Å².